The molecule has 1 rings (SSSR count). The van der Waals surface area contributed by atoms with Gasteiger partial charge in [0, 0.05) is 11.1 Å². The topological polar surface area (TPSA) is 48.1 Å². The molecule has 0 aromatic carbocycles. The van der Waals surface area contributed by atoms with E-state index in [1.165, 1.54) is 6.07 Å². The van der Waals surface area contributed by atoms with Gasteiger partial charge in [0.1, 0.15) is 12.4 Å². The fraction of sp³-hybridized carbons (Fsp3) is 0.500. The highest BCUT2D eigenvalue weighted by Crippen LogP contribution is 2.15. The third kappa shape index (κ3) is 3.30. The number of nitrogens with two attached hydrogens (primary N) is 1. The summed E-state index contributed by atoms with van der Waals surface area (Å²) in [7, 11) is 0. The predicted octanol–water partition coefficient (Wildman–Crippen LogP) is 1.65. The third-order valence-electron chi connectivity index (χ3n) is 1.58. The minimum Gasteiger partial charge on any atom is -0.476 e. The van der Waals surface area contributed by atoms with Crippen LogP contribution in [0.4, 0.5) is 4.39 Å². The van der Waals surface area contributed by atoms with Crippen LogP contribution in [0.5, 0.6) is 5.88 Å². The van der Waals surface area contributed by atoms with Crippen LogP contribution in [0.15, 0.2) is 12.3 Å². The summed E-state index contributed by atoms with van der Waals surface area (Å²) in [5.74, 6) is 0.0757. The zero-order chi connectivity index (χ0) is 10.8. The molecule has 1 aromatic rings. The van der Waals surface area contributed by atoms with Crippen molar-refractivity contribution in [2.75, 3.05) is 6.61 Å². The number of hydrogen-bond acceptors (Lipinski definition) is 3. The monoisotopic (exact) mass is 198 g/mol. The fourth-order valence-electron chi connectivity index (χ4n) is 0.933. The van der Waals surface area contributed by atoms with Crippen LogP contribution in [0, 0.1) is 12.7 Å². The van der Waals surface area contributed by atoms with E-state index in [0.717, 1.165) is 6.20 Å². The summed E-state index contributed by atoms with van der Waals surface area (Å²) in [4.78, 5) is 3.83. The van der Waals surface area contributed by atoms with Crippen molar-refractivity contribution in [3.05, 3.63) is 23.6 Å². The van der Waals surface area contributed by atoms with E-state index in [1.807, 2.05) is 13.8 Å². The summed E-state index contributed by atoms with van der Waals surface area (Å²) in [6.07, 6.45) is 1.13. The molecule has 0 fully saturated rings. The number of halogens is 1. The number of aromatic nitrogens is 1. The Hall–Kier alpha value is -1.16. The molecule has 0 aliphatic rings. The van der Waals surface area contributed by atoms with Gasteiger partial charge in [-0.25, -0.2) is 9.37 Å². The van der Waals surface area contributed by atoms with Gasteiger partial charge in [-0.05, 0) is 26.8 Å². The van der Waals surface area contributed by atoms with E-state index in [0.29, 0.717) is 18.1 Å². The lowest BCUT2D eigenvalue weighted by molar-refractivity contribution is 0.233. The summed E-state index contributed by atoms with van der Waals surface area (Å²) in [6, 6.07) is 1.38. The van der Waals surface area contributed by atoms with Gasteiger partial charge in [-0.1, -0.05) is 0 Å². The van der Waals surface area contributed by atoms with Crippen LogP contribution in [0.3, 0.4) is 0 Å². The average molecular weight is 198 g/mol. The molecule has 2 N–H and O–H groups in total. The zero-order valence-corrected chi connectivity index (χ0v) is 8.67. The lowest BCUT2D eigenvalue weighted by Crippen LogP contribution is -2.38. The maximum atomic E-state index is 12.7. The molecule has 0 aliphatic carbocycles. The standard InChI is InChI=1S/C10H15FN2O/c1-7-4-8(11)5-13-9(7)14-6-10(2,3)12/h4-5H,6,12H2,1-3H3. The van der Waals surface area contributed by atoms with Gasteiger partial charge in [-0.3, -0.25) is 0 Å². The Kier molecular flexibility index (Phi) is 3.06. The first-order valence-corrected chi connectivity index (χ1v) is 4.42. The van der Waals surface area contributed by atoms with Gasteiger partial charge in [0.2, 0.25) is 5.88 Å². The Labute approximate surface area is 83.1 Å². The van der Waals surface area contributed by atoms with Crippen molar-refractivity contribution in [1.29, 1.82) is 0 Å². The fourth-order valence-corrected chi connectivity index (χ4v) is 0.933. The zero-order valence-electron chi connectivity index (χ0n) is 8.67. The molecule has 0 bridgehead atoms. The molecule has 1 aromatic heterocycles. The number of rotatable bonds is 3. The second-order valence-electron chi connectivity index (χ2n) is 4.05. The maximum absolute atomic E-state index is 12.7. The molecule has 0 atom stereocenters. The van der Waals surface area contributed by atoms with Gasteiger partial charge in [0.25, 0.3) is 0 Å². The van der Waals surface area contributed by atoms with Crippen molar-refractivity contribution >= 4 is 0 Å². The highest BCUT2D eigenvalue weighted by Gasteiger charge is 2.13. The number of pyridine rings is 1. The van der Waals surface area contributed by atoms with Crippen LogP contribution in [-0.2, 0) is 0 Å². The van der Waals surface area contributed by atoms with Gasteiger partial charge in [0.15, 0.2) is 0 Å². The molecule has 0 spiro atoms. The van der Waals surface area contributed by atoms with E-state index in [-0.39, 0.29) is 5.82 Å². The van der Waals surface area contributed by atoms with Crippen LogP contribution >= 0.6 is 0 Å². The normalized spacial score (nSPS) is 11.5. The van der Waals surface area contributed by atoms with Gasteiger partial charge < -0.3 is 10.5 Å². The first-order chi connectivity index (χ1) is 6.38. The average Bonchev–Trinajstić information content (AvgIpc) is 2.00. The Morgan fingerprint density at radius 3 is 2.71 bits per heavy atom. The maximum Gasteiger partial charge on any atom is 0.216 e. The van der Waals surface area contributed by atoms with Gasteiger partial charge in [0.05, 0.1) is 6.20 Å². The molecule has 78 valence electrons. The van der Waals surface area contributed by atoms with Crippen molar-refractivity contribution in [1.82, 2.24) is 4.98 Å². The second-order valence-corrected chi connectivity index (χ2v) is 4.05. The summed E-state index contributed by atoms with van der Waals surface area (Å²) >= 11 is 0. The van der Waals surface area contributed by atoms with Gasteiger partial charge in [-0.15, -0.1) is 0 Å². The SMILES string of the molecule is Cc1cc(F)cnc1OCC(C)(C)N. The first kappa shape index (κ1) is 10.9. The quantitative estimate of drug-likeness (QED) is 0.803. The molecule has 0 saturated heterocycles. The van der Waals surface area contributed by atoms with Crippen molar-refractivity contribution in [3.63, 3.8) is 0 Å². The van der Waals surface area contributed by atoms with E-state index in [9.17, 15) is 4.39 Å². The van der Waals surface area contributed by atoms with Crippen molar-refractivity contribution in [3.8, 4) is 5.88 Å². The molecular weight excluding hydrogens is 183 g/mol. The lowest BCUT2D eigenvalue weighted by atomic mass is 10.1. The van der Waals surface area contributed by atoms with Crippen molar-refractivity contribution in [2.24, 2.45) is 5.73 Å². The smallest absolute Gasteiger partial charge is 0.216 e. The molecule has 0 aliphatic heterocycles. The van der Waals surface area contributed by atoms with Gasteiger partial charge >= 0.3 is 0 Å². The van der Waals surface area contributed by atoms with Crippen LogP contribution in [-0.4, -0.2) is 17.1 Å². The van der Waals surface area contributed by atoms with Crippen molar-refractivity contribution in [2.45, 2.75) is 26.3 Å². The molecule has 0 unspecified atom stereocenters. The lowest BCUT2D eigenvalue weighted by Gasteiger charge is -2.19. The van der Waals surface area contributed by atoms with Crippen LogP contribution < -0.4 is 10.5 Å². The summed E-state index contributed by atoms with van der Waals surface area (Å²) < 4.78 is 18.0. The first-order valence-electron chi connectivity index (χ1n) is 4.42. The van der Waals surface area contributed by atoms with E-state index < -0.39 is 5.54 Å². The van der Waals surface area contributed by atoms with Gasteiger partial charge in [-0.2, -0.15) is 0 Å². The Balaban J connectivity index is 2.68. The second kappa shape index (κ2) is 3.92. The van der Waals surface area contributed by atoms with E-state index in [1.54, 1.807) is 6.92 Å². The summed E-state index contributed by atoms with van der Waals surface area (Å²) in [5.41, 5.74) is 6.00. The van der Waals surface area contributed by atoms with E-state index in [4.69, 9.17) is 10.5 Å². The Morgan fingerprint density at radius 1 is 1.57 bits per heavy atom. The molecule has 3 nitrogen and oxygen atoms in total. The molecule has 1 heterocycles. The van der Waals surface area contributed by atoms with Crippen LogP contribution in [0.1, 0.15) is 19.4 Å². The molecule has 14 heavy (non-hydrogen) atoms. The predicted molar refractivity (Wildman–Crippen MR) is 52.7 cm³/mol. The number of ether oxygens (including phenoxy) is 1. The minimum atomic E-state index is -0.414. The highest BCUT2D eigenvalue weighted by atomic mass is 19.1. The molecule has 0 amide bonds. The Morgan fingerprint density at radius 2 is 2.21 bits per heavy atom. The van der Waals surface area contributed by atoms with Crippen LogP contribution in [0.25, 0.3) is 0 Å². The highest BCUT2D eigenvalue weighted by molar-refractivity contribution is 5.24. The van der Waals surface area contributed by atoms with Crippen molar-refractivity contribution < 1.29 is 9.13 Å². The number of nitrogens with zero attached hydrogens (tertiary/aromatic N) is 1. The number of aryl methyl sites for hydroxylation is 1. The summed E-state index contributed by atoms with van der Waals surface area (Å²) in [6.45, 7) is 5.80. The molecule has 4 heteroatoms. The number of hydrogen-bond donors (Lipinski definition) is 1. The van der Waals surface area contributed by atoms with Crippen LogP contribution in [0.2, 0.25) is 0 Å². The Bertz CT molecular complexity index is 320. The van der Waals surface area contributed by atoms with E-state index >= 15 is 0 Å². The van der Waals surface area contributed by atoms with E-state index in [2.05, 4.69) is 4.98 Å². The summed E-state index contributed by atoms with van der Waals surface area (Å²) in [5, 5.41) is 0. The molecular formula is C10H15FN2O. The molecule has 0 radical (unpaired) electrons. The molecule has 0 saturated carbocycles. The third-order valence-corrected chi connectivity index (χ3v) is 1.58. The largest absolute Gasteiger partial charge is 0.476 e. The minimum absolute atomic E-state index is 0.354.